The van der Waals surface area contributed by atoms with Crippen LogP contribution in [0.4, 0.5) is 0 Å². The van der Waals surface area contributed by atoms with Gasteiger partial charge >= 0.3 is 5.97 Å². The highest BCUT2D eigenvalue weighted by atomic mass is 35.5. The number of carboxylic acids is 1. The molecule has 0 bridgehead atoms. The van der Waals surface area contributed by atoms with Crippen LogP contribution in [0.2, 0.25) is 0 Å². The lowest BCUT2D eigenvalue weighted by Gasteiger charge is -2.12. The molecular weight excluding hydrogens is 372 g/mol. The predicted octanol–water partition coefficient (Wildman–Crippen LogP) is 2.87. The number of nitrogens with one attached hydrogen (secondary N) is 1. The van der Waals surface area contributed by atoms with Gasteiger partial charge in [-0.15, -0.1) is 35.1 Å². The van der Waals surface area contributed by atoms with E-state index < -0.39 is 12.0 Å². The Balaban J connectivity index is 0.00000288. The molecule has 0 unspecified atom stereocenters. The summed E-state index contributed by atoms with van der Waals surface area (Å²) in [6.45, 7) is 5.74. The number of halogens is 1. The largest absolute Gasteiger partial charge is 0.476 e. The lowest BCUT2D eigenvalue weighted by Crippen LogP contribution is -2.27. The first-order chi connectivity index (χ1) is 10.8. The lowest BCUT2D eigenvalue weighted by atomic mass is 10.1. The van der Waals surface area contributed by atoms with Crippen LogP contribution in [0.1, 0.15) is 63.8 Å². The van der Waals surface area contributed by atoms with Crippen molar-refractivity contribution in [1.29, 1.82) is 0 Å². The summed E-state index contributed by atoms with van der Waals surface area (Å²) in [7, 11) is 0. The van der Waals surface area contributed by atoms with E-state index in [2.05, 4.69) is 15.3 Å². The Hall–Kier alpha value is -1.55. The lowest BCUT2D eigenvalue weighted by molar-refractivity contribution is 0.0691. The topological polar surface area (TPSA) is 118 Å². The third-order valence-corrected chi connectivity index (χ3v) is 5.19. The van der Waals surface area contributed by atoms with Crippen molar-refractivity contribution in [3.05, 3.63) is 32.2 Å². The van der Waals surface area contributed by atoms with Crippen molar-refractivity contribution >= 4 is 47.0 Å². The number of hydrogen-bond donors (Lipinski definition) is 3. The van der Waals surface area contributed by atoms with E-state index >= 15 is 0 Å². The van der Waals surface area contributed by atoms with Crippen molar-refractivity contribution in [2.45, 2.75) is 32.9 Å². The number of carboxylic acid groups (broad SMARTS) is 1. The molecule has 0 saturated carbocycles. The number of thiazole rings is 2. The Kier molecular flexibility index (Phi) is 7.27. The fourth-order valence-electron chi connectivity index (χ4n) is 1.75. The van der Waals surface area contributed by atoms with Gasteiger partial charge in [0.25, 0.3) is 5.91 Å². The first kappa shape index (κ1) is 20.5. The van der Waals surface area contributed by atoms with Crippen LogP contribution in [-0.2, 0) is 0 Å². The second-order valence-electron chi connectivity index (χ2n) is 5.41. The van der Waals surface area contributed by atoms with Crippen molar-refractivity contribution in [3.8, 4) is 0 Å². The number of nitrogens with two attached hydrogens (primary N) is 1. The van der Waals surface area contributed by atoms with Crippen LogP contribution in [0.15, 0.2) is 10.8 Å². The minimum atomic E-state index is -1.09. The summed E-state index contributed by atoms with van der Waals surface area (Å²) in [5, 5.41) is 16.0. The maximum Gasteiger partial charge on any atom is 0.355 e. The molecule has 0 spiro atoms. The number of carbonyl (C=O) groups excluding carboxylic acids is 1. The van der Waals surface area contributed by atoms with Crippen LogP contribution < -0.4 is 11.1 Å². The van der Waals surface area contributed by atoms with Crippen molar-refractivity contribution < 1.29 is 14.7 Å². The molecular formula is C14H19ClN4O3S2. The van der Waals surface area contributed by atoms with E-state index in [9.17, 15) is 9.59 Å². The van der Waals surface area contributed by atoms with E-state index in [4.69, 9.17) is 10.8 Å². The SMILES string of the molecule is CC(C)[C@H](N)c1nc(C(=O)N[C@@H](C)c2nc(C(=O)O)cs2)cs1.Cl. The van der Waals surface area contributed by atoms with Gasteiger partial charge in [0.15, 0.2) is 5.69 Å². The number of amides is 1. The third-order valence-electron chi connectivity index (χ3n) is 3.22. The molecule has 132 valence electrons. The molecule has 2 rings (SSSR count). The molecule has 0 aliphatic carbocycles. The van der Waals surface area contributed by atoms with Gasteiger partial charge in [0.1, 0.15) is 15.7 Å². The molecule has 2 aromatic heterocycles. The van der Waals surface area contributed by atoms with Crippen molar-refractivity contribution in [2.75, 3.05) is 0 Å². The first-order valence-corrected chi connectivity index (χ1v) is 8.76. The van der Waals surface area contributed by atoms with Crippen molar-refractivity contribution in [1.82, 2.24) is 15.3 Å². The summed E-state index contributed by atoms with van der Waals surface area (Å²) in [6, 6.07) is -0.597. The molecule has 24 heavy (non-hydrogen) atoms. The van der Waals surface area contributed by atoms with E-state index in [0.717, 1.165) is 5.01 Å². The van der Waals surface area contributed by atoms with E-state index in [1.807, 2.05) is 13.8 Å². The number of nitrogens with zero attached hydrogens (tertiary/aromatic N) is 2. The average Bonchev–Trinajstić information content (AvgIpc) is 3.15. The van der Waals surface area contributed by atoms with Crippen LogP contribution >= 0.6 is 35.1 Å². The molecule has 4 N–H and O–H groups in total. The van der Waals surface area contributed by atoms with E-state index in [1.54, 1.807) is 12.3 Å². The molecule has 0 fully saturated rings. The number of aromatic carboxylic acids is 1. The zero-order chi connectivity index (χ0) is 17.1. The molecule has 0 saturated heterocycles. The van der Waals surface area contributed by atoms with Gasteiger partial charge in [-0.1, -0.05) is 13.8 Å². The third kappa shape index (κ3) is 4.73. The predicted molar refractivity (Wildman–Crippen MR) is 96.1 cm³/mol. The molecule has 0 aliphatic heterocycles. The molecule has 10 heteroatoms. The molecule has 2 heterocycles. The minimum Gasteiger partial charge on any atom is -0.476 e. The van der Waals surface area contributed by atoms with Gasteiger partial charge in [0.2, 0.25) is 0 Å². The van der Waals surface area contributed by atoms with Crippen LogP contribution in [0, 0.1) is 5.92 Å². The molecule has 1 amide bonds. The Bertz CT molecular complexity index is 716. The van der Waals surface area contributed by atoms with Crippen molar-refractivity contribution in [2.24, 2.45) is 11.7 Å². The number of carbonyl (C=O) groups is 2. The zero-order valence-electron chi connectivity index (χ0n) is 13.3. The standard InChI is InChI=1S/C14H18N4O3S2.ClH/c1-6(2)10(15)13-17-8(4-23-13)11(19)16-7(3)12-18-9(5-22-12)14(20)21;/h4-7,10H,15H2,1-3H3,(H,16,19)(H,20,21);1H/t7-,10-;/m0./s1. The fraction of sp³-hybridized carbons (Fsp3) is 0.429. The highest BCUT2D eigenvalue weighted by Crippen LogP contribution is 2.23. The fourth-order valence-corrected chi connectivity index (χ4v) is 3.52. The molecule has 7 nitrogen and oxygen atoms in total. The van der Waals surface area contributed by atoms with E-state index in [-0.39, 0.29) is 36.0 Å². The van der Waals surface area contributed by atoms with Gasteiger partial charge in [0, 0.05) is 10.8 Å². The van der Waals surface area contributed by atoms with Gasteiger partial charge in [0.05, 0.1) is 12.1 Å². The van der Waals surface area contributed by atoms with Gasteiger partial charge in [-0.25, -0.2) is 14.8 Å². The van der Waals surface area contributed by atoms with E-state index in [0.29, 0.717) is 10.7 Å². The Morgan fingerprint density at radius 1 is 1.12 bits per heavy atom. The second kappa shape index (κ2) is 8.52. The molecule has 0 aromatic carbocycles. The summed E-state index contributed by atoms with van der Waals surface area (Å²) >= 11 is 2.55. The molecule has 0 radical (unpaired) electrons. The average molecular weight is 391 g/mol. The van der Waals surface area contributed by atoms with Gasteiger partial charge in [-0.2, -0.15) is 0 Å². The van der Waals surface area contributed by atoms with E-state index in [1.165, 1.54) is 28.1 Å². The Morgan fingerprint density at radius 2 is 1.67 bits per heavy atom. The highest BCUT2D eigenvalue weighted by Gasteiger charge is 2.20. The van der Waals surface area contributed by atoms with Crippen LogP contribution in [0.3, 0.4) is 0 Å². The summed E-state index contributed by atoms with van der Waals surface area (Å²) in [4.78, 5) is 31.3. The monoisotopic (exact) mass is 390 g/mol. The summed E-state index contributed by atoms with van der Waals surface area (Å²) < 4.78 is 0. The maximum atomic E-state index is 12.2. The molecule has 0 aliphatic rings. The Morgan fingerprint density at radius 3 is 2.21 bits per heavy atom. The number of aromatic nitrogens is 2. The van der Waals surface area contributed by atoms with Crippen LogP contribution in [-0.4, -0.2) is 27.0 Å². The first-order valence-electron chi connectivity index (χ1n) is 7.00. The normalized spacial score (nSPS) is 13.2. The smallest absolute Gasteiger partial charge is 0.355 e. The molecule has 2 aromatic rings. The maximum absolute atomic E-state index is 12.2. The van der Waals surface area contributed by atoms with Gasteiger partial charge < -0.3 is 16.2 Å². The summed E-state index contributed by atoms with van der Waals surface area (Å²) in [5.41, 5.74) is 6.31. The van der Waals surface area contributed by atoms with Crippen LogP contribution in [0.25, 0.3) is 0 Å². The summed E-state index contributed by atoms with van der Waals surface area (Å²) in [5.74, 6) is -1.18. The quantitative estimate of drug-likeness (QED) is 0.697. The minimum absolute atomic E-state index is 0. The Labute approximate surface area is 153 Å². The number of hydrogen-bond acceptors (Lipinski definition) is 7. The highest BCUT2D eigenvalue weighted by molar-refractivity contribution is 7.10. The molecule has 2 atom stereocenters. The second-order valence-corrected chi connectivity index (χ2v) is 7.19. The van der Waals surface area contributed by atoms with Gasteiger partial charge in [-0.3, -0.25) is 4.79 Å². The zero-order valence-corrected chi connectivity index (χ0v) is 15.8. The van der Waals surface area contributed by atoms with Crippen LogP contribution in [0.5, 0.6) is 0 Å². The number of rotatable bonds is 6. The van der Waals surface area contributed by atoms with Crippen molar-refractivity contribution in [3.63, 3.8) is 0 Å². The van der Waals surface area contributed by atoms with Gasteiger partial charge in [-0.05, 0) is 12.8 Å². The summed E-state index contributed by atoms with van der Waals surface area (Å²) in [6.07, 6.45) is 0.